The fourth-order valence-corrected chi connectivity index (χ4v) is 2.18. The molecule has 21 heavy (non-hydrogen) atoms. The molecule has 0 spiro atoms. The lowest BCUT2D eigenvalue weighted by Crippen LogP contribution is -2.04. The van der Waals surface area contributed by atoms with E-state index in [1.165, 1.54) is 5.56 Å². The van der Waals surface area contributed by atoms with E-state index < -0.39 is 0 Å². The minimum absolute atomic E-state index is 0.0614. The Morgan fingerprint density at radius 2 is 1.71 bits per heavy atom. The number of methoxy groups -OCH3 is 2. The quantitative estimate of drug-likeness (QED) is 0.756. The van der Waals surface area contributed by atoms with Crippen LogP contribution in [-0.4, -0.2) is 20.0 Å². The Morgan fingerprint density at radius 1 is 1.00 bits per heavy atom. The number of hydrogen-bond donors (Lipinski definition) is 0. The highest BCUT2D eigenvalue weighted by Crippen LogP contribution is 2.25. The standard InChI is InChI=1S/C18H20O3/c1-13-4-6-14(7-5-13)8-10-17(19)16-12-15(20-2)9-11-18(16)21-3/h4-7,9,11-12H,8,10H2,1-3H3. The Hall–Kier alpha value is -2.29. The minimum Gasteiger partial charge on any atom is -0.497 e. The first-order chi connectivity index (χ1) is 10.1. The summed E-state index contributed by atoms with van der Waals surface area (Å²) in [7, 11) is 3.15. The van der Waals surface area contributed by atoms with E-state index in [4.69, 9.17) is 9.47 Å². The van der Waals surface area contributed by atoms with E-state index in [2.05, 4.69) is 31.2 Å². The molecule has 0 atom stereocenters. The molecule has 0 fully saturated rings. The van der Waals surface area contributed by atoms with Gasteiger partial charge in [0, 0.05) is 6.42 Å². The molecule has 3 nitrogen and oxygen atoms in total. The van der Waals surface area contributed by atoms with E-state index in [0.29, 0.717) is 23.5 Å². The molecule has 0 N–H and O–H groups in total. The molecule has 0 saturated heterocycles. The van der Waals surface area contributed by atoms with Gasteiger partial charge in [0.25, 0.3) is 0 Å². The molecular formula is C18H20O3. The molecule has 0 aliphatic carbocycles. The second kappa shape index (κ2) is 6.93. The molecular weight excluding hydrogens is 264 g/mol. The second-order valence-corrected chi connectivity index (χ2v) is 4.97. The van der Waals surface area contributed by atoms with Gasteiger partial charge in [-0.15, -0.1) is 0 Å². The monoisotopic (exact) mass is 284 g/mol. The van der Waals surface area contributed by atoms with Crippen molar-refractivity contribution in [3.05, 3.63) is 59.2 Å². The lowest BCUT2D eigenvalue weighted by molar-refractivity contribution is 0.0979. The summed E-state index contributed by atoms with van der Waals surface area (Å²) in [5.41, 5.74) is 2.96. The largest absolute Gasteiger partial charge is 0.497 e. The first kappa shape index (κ1) is 15.1. The van der Waals surface area contributed by atoms with Crippen molar-refractivity contribution in [2.24, 2.45) is 0 Å². The summed E-state index contributed by atoms with van der Waals surface area (Å²) >= 11 is 0. The van der Waals surface area contributed by atoms with Crippen LogP contribution in [0.15, 0.2) is 42.5 Å². The van der Waals surface area contributed by atoms with E-state index in [1.54, 1.807) is 32.4 Å². The van der Waals surface area contributed by atoms with Gasteiger partial charge in [-0.25, -0.2) is 0 Å². The second-order valence-electron chi connectivity index (χ2n) is 4.97. The van der Waals surface area contributed by atoms with Crippen LogP contribution in [0.3, 0.4) is 0 Å². The van der Waals surface area contributed by atoms with Crippen LogP contribution < -0.4 is 9.47 Å². The van der Waals surface area contributed by atoms with Crippen molar-refractivity contribution in [3.63, 3.8) is 0 Å². The van der Waals surface area contributed by atoms with E-state index in [9.17, 15) is 4.79 Å². The highest BCUT2D eigenvalue weighted by molar-refractivity contribution is 5.99. The highest BCUT2D eigenvalue weighted by Gasteiger charge is 2.13. The number of carbonyl (C=O) groups excluding carboxylic acids is 1. The number of ketones is 1. The van der Waals surface area contributed by atoms with Crippen molar-refractivity contribution >= 4 is 5.78 Å². The van der Waals surface area contributed by atoms with Crippen molar-refractivity contribution < 1.29 is 14.3 Å². The van der Waals surface area contributed by atoms with E-state index in [0.717, 1.165) is 12.0 Å². The van der Waals surface area contributed by atoms with Crippen molar-refractivity contribution in [2.45, 2.75) is 19.8 Å². The average molecular weight is 284 g/mol. The Bertz CT molecular complexity index is 615. The van der Waals surface area contributed by atoms with Gasteiger partial charge in [0.2, 0.25) is 0 Å². The zero-order valence-corrected chi connectivity index (χ0v) is 12.7. The third kappa shape index (κ3) is 3.85. The molecule has 110 valence electrons. The predicted octanol–water partition coefficient (Wildman–Crippen LogP) is 3.83. The number of rotatable bonds is 6. The number of hydrogen-bond acceptors (Lipinski definition) is 3. The number of Topliss-reactive ketones (excluding diaryl/α,β-unsaturated/α-hetero) is 1. The van der Waals surface area contributed by atoms with Gasteiger partial charge in [-0.2, -0.15) is 0 Å². The predicted molar refractivity (Wildman–Crippen MR) is 83.4 cm³/mol. The van der Waals surface area contributed by atoms with Crippen molar-refractivity contribution in [3.8, 4) is 11.5 Å². The van der Waals surface area contributed by atoms with Crippen LogP contribution in [0.25, 0.3) is 0 Å². The molecule has 0 bridgehead atoms. The maximum absolute atomic E-state index is 12.4. The third-order valence-electron chi connectivity index (χ3n) is 3.47. The summed E-state index contributed by atoms with van der Waals surface area (Å²) in [5, 5.41) is 0. The first-order valence-corrected chi connectivity index (χ1v) is 6.95. The van der Waals surface area contributed by atoms with Crippen LogP contribution in [-0.2, 0) is 6.42 Å². The van der Waals surface area contributed by atoms with Crippen molar-refractivity contribution in [1.29, 1.82) is 0 Å². The summed E-state index contributed by atoms with van der Waals surface area (Å²) in [6.07, 6.45) is 1.17. The van der Waals surface area contributed by atoms with Crippen LogP contribution in [0.2, 0.25) is 0 Å². The minimum atomic E-state index is 0.0614. The van der Waals surface area contributed by atoms with Crippen LogP contribution in [0.4, 0.5) is 0 Å². The maximum atomic E-state index is 12.4. The molecule has 2 aromatic rings. The van der Waals surface area contributed by atoms with Gasteiger partial charge < -0.3 is 9.47 Å². The maximum Gasteiger partial charge on any atom is 0.167 e. The van der Waals surface area contributed by atoms with E-state index in [1.807, 2.05) is 0 Å². The summed E-state index contributed by atoms with van der Waals surface area (Å²) in [5.74, 6) is 1.31. The molecule has 0 heterocycles. The number of carbonyl (C=O) groups is 1. The topological polar surface area (TPSA) is 35.5 Å². The van der Waals surface area contributed by atoms with Gasteiger partial charge in [-0.1, -0.05) is 29.8 Å². The molecule has 0 saturated carbocycles. The lowest BCUT2D eigenvalue weighted by Gasteiger charge is -2.09. The third-order valence-corrected chi connectivity index (χ3v) is 3.47. The SMILES string of the molecule is COc1ccc(OC)c(C(=O)CCc2ccc(C)cc2)c1. The zero-order chi connectivity index (χ0) is 15.2. The fraction of sp³-hybridized carbons (Fsp3) is 0.278. The van der Waals surface area contributed by atoms with Crippen molar-refractivity contribution in [1.82, 2.24) is 0 Å². The summed E-state index contributed by atoms with van der Waals surface area (Å²) in [6, 6.07) is 13.5. The normalized spacial score (nSPS) is 10.2. The Balaban J connectivity index is 2.10. The molecule has 0 unspecified atom stereocenters. The fourth-order valence-electron chi connectivity index (χ4n) is 2.18. The molecule has 0 radical (unpaired) electrons. The van der Waals surface area contributed by atoms with Gasteiger partial charge in [0.15, 0.2) is 5.78 Å². The Morgan fingerprint density at radius 3 is 2.33 bits per heavy atom. The van der Waals surface area contributed by atoms with Crippen LogP contribution in [0.1, 0.15) is 27.9 Å². The summed E-state index contributed by atoms with van der Waals surface area (Å²) in [4.78, 5) is 12.4. The van der Waals surface area contributed by atoms with E-state index >= 15 is 0 Å². The first-order valence-electron chi connectivity index (χ1n) is 6.95. The van der Waals surface area contributed by atoms with Gasteiger partial charge in [0.1, 0.15) is 11.5 Å². The Kier molecular flexibility index (Phi) is 4.99. The van der Waals surface area contributed by atoms with Gasteiger partial charge in [0.05, 0.1) is 19.8 Å². The molecule has 2 aromatic carbocycles. The van der Waals surface area contributed by atoms with Crippen molar-refractivity contribution in [2.75, 3.05) is 14.2 Å². The van der Waals surface area contributed by atoms with Gasteiger partial charge in [-0.3, -0.25) is 4.79 Å². The highest BCUT2D eigenvalue weighted by atomic mass is 16.5. The van der Waals surface area contributed by atoms with E-state index in [-0.39, 0.29) is 5.78 Å². The molecule has 0 aromatic heterocycles. The number of aryl methyl sites for hydroxylation is 2. The molecule has 0 amide bonds. The lowest BCUT2D eigenvalue weighted by atomic mass is 10.0. The smallest absolute Gasteiger partial charge is 0.167 e. The van der Waals surface area contributed by atoms with Crippen LogP contribution in [0.5, 0.6) is 11.5 Å². The molecule has 0 aliphatic heterocycles. The van der Waals surface area contributed by atoms with Crippen LogP contribution >= 0.6 is 0 Å². The Labute approximate surface area is 125 Å². The zero-order valence-electron chi connectivity index (χ0n) is 12.7. The average Bonchev–Trinajstić information content (AvgIpc) is 2.53. The van der Waals surface area contributed by atoms with Gasteiger partial charge in [-0.05, 0) is 37.1 Å². The van der Waals surface area contributed by atoms with Gasteiger partial charge >= 0.3 is 0 Å². The molecule has 2 rings (SSSR count). The number of benzene rings is 2. The number of ether oxygens (including phenoxy) is 2. The molecule has 0 aliphatic rings. The molecule has 3 heteroatoms. The summed E-state index contributed by atoms with van der Waals surface area (Å²) in [6.45, 7) is 2.05. The van der Waals surface area contributed by atoms with Crippen LogP contribution in [0, 0.1) is 6.92 Å². The summed E-state index contributed by atoms with van der Waals surface area (Å²) < 4.78 is 10.4.